The molecular weight excluding hydrogens is 290 g/mol. The Hall–Kier alpha value is -2.11. The van der Waals surface area contributed by atoms with Gasteiger partial charge >= 0.3 is 0 Å². The molecule has 0 N–H and O–H groups in total. The molecule has 0 radical (unpaired) electrons. The minimum Gasteiger partial charge on any atom is -0.337 e. The lowest BCUT2D eigenvalue weighted by atomic mass is 9.97. The van der Waals surface area contributed by atoms with Gasteiger partial charge in [-0.05, 0) is 45.6 Å². The monoisotopic (exact) mass is 315 g/mol. The average molecular weight is 315 g/mol. The van der Waals surface area contributed by atoms with Crippen LogP contribution in [-0.4, -0.2) is 43.2 Å². The van der Waals surface area contributed by atoms with Crippen LogP contribution in [0.25, 0.3) is 0 Å². The van der Waals surface area contributed by atoms with Crippen LogP contribution >= 0.6 is 0 Å². The van der Waals surface area contributed by atoms with Gasteiger partial charge in [0.1, 0.15) is 11.5 Å². The van der Waals surface area contributed by atoms with E-state index in [1.807, 2.05) is 37.2 Å². The van der Waals surface area contributed by atoms with E-state index < -0.39 is 0 Å². The Labute approximate surface area is 137 Å². The Morgan fingerprint density at radius 3 is 2.87 bits per heavy atom. The van der Waals surface area contributed by atoms with E-state index in [0.29, 0.717) is 11.6 Å². The molecule has 0 saturated carbocycles. The summed E-state index contributed by atoms with van der Waals surface area (Å²) in [6.07, 6.45) is 5.99. The summed E-state index contributed by atoms with van der Waals surface area (Å²) >= 11 is 0. The van der Waals surface area contributed by atoms with Crippen LogP contribution in [0.15, 0.2) is 18.5 Å². The largest absolute Gasteiger partial charge is 0.337 e. The molecule has 124 valence electrons. The molecule has 1 aliphatic rings. The summed E-state index contributed by atoms with van der Waals surface area (Å²) in [5.41, 5.74) is 1.75. The Kier molecular flexibility index (Phi) is 4.50. The van der Waals surface area contributed by atoms with Crippen molar-refractivity contribution in [3.8, 4) is 0 Å². The Morgan fingerprint density at radius 2 is 2.22 bits per heavy atom. The molecule has 1 unspecified atom stereocenters. The van der Waals surface area contributed by atoms with Crippen LogP contribution in [0.2, 0.25) is 0 Å². The zero-order valence-electron chi connectivity index (χ0n) is 14.2. The number of aryl methyl sites for hydroxylation is 3. The first kappa shape index (κ1) is 15.8. The van der Waals surface area contributed by atoms with E-state index >= 15 is 0 Å². The fourth-order valence-corrected chi connectivity index (χ4v) is 3.33. The minimum atomic E-state index is 0.0565. The predicted octanol–water partition coefficient (Wildman–Crippen LogP) is 2.27. The van der Waals surface area contributed by atoms with Gasteiger partial charge in [-0.15, -0.1) is 0 Å². The highest BCUT2D eigenvalue weighted by Gasteiger charge is 2.26. The van der Waals surface area contributed by atoms with E-state index in [4.69, 9.17) is 0 Å². The van der Waals surface area contributed by atoms with Gasteiger partial charge in [0.25, 0.3) is 5.91 Å². The van der Waals surface area contributed by atoms with Crippen LogP contribution in [0.1, 0.15) is 41.8 Å². The highest BCUT2D eigenvalue weighted by atomic mass is 16.2. The van der Waals surface area contributed by atoms with Crippen LogP contribution in [-0.2, 0) is 13.1 Å². The maximum absolute atomic E-state index is 12.6. The van der Waals surface area contributed by atoms with Crippen LogP contribution in [0.3, 0.4) is 0 Å². The van der Waals surface area contributed by atoms with Crippen LogP contribution in [0, 0.1) is 19.8 Å². The van der Waals surface area contributed by atoms with E-state index in [9.17, 15) is 4.79 Å². The molecule has 1 fully saturated rings. The summed E-state index contributed by atoms with van der Waals surface area (Å²) in [6.45, 7) is 9.50. The summed E-state index contributed by atoms with van der Waals surface area (Å²) in [7, 11) is 0. The molecule has 1 aliphatic heterocycles. The third-order valence-electron chi connectivity index (χ3n) is 4.69. The molecular formula is C17H25N5O. The fourth-order valence-electron chi connectivity index (χ4n) is 3.33. The third-order valence-corrected chi connectivity index (χ3v) is 4.69. The van der Waals surface area contributed by atoms with Crippen molar-refractivity contribution in [1.82, 2.24) is 24.2 Å². The van der Waals surface area contributed by atoms with Crippen molar-refractivity contribution in [3.05, 3.63) is 35.7 Å². The number of nitrogens with zero attached hydrogens (tertiary/aromatic N) is 5. The highest BCUT2D eigenvalue weighted by Crippen LogP contribution is 2.21. The Bertz CT molecular complexity index is 667. The van der Waals surface area contributed by atoms with E-state index in [2.05, 4.69) is 21.6 Å². The number of aromatic nitrogens is 4. The second-order valence-electron chi connectivity index (χ2n) is 6.37. The second-order valence-corrected chi connectivity index (χ2v) is 6.37. The quantitative estimate of drug-likeness (QED) is 0.869. The van der Waals surface area contributed by atoms with Crippen molar-refractivity contribution in [3.63, 3.8) is 0 Å². The van der Waals surface area contributed by atoms with Gasteiger partial charge < -0.3 is 9.47 Å². The molecule has 0 aromatic carbocycles. The first-order chi connectivity index (χ1) is 11.1. The lowest BCUT2D eigenvalue weighted by Crippen LogP contribution is -2.41. The topological polar surface area (TPSA) is 56.0 Å². The number of hydrogen-bond acceptors (Lipinski definition) is 3. The molecule has 1 atom stereocenters. The van der Waals surface area contributed by atoms with Gasteiger partial charge in [0.05, 0.1) is 0 Å². The predicted molar refractivity (Wildman–Crippen MR) is 88.2 cm³/mol. The van der Waals surface area contributed by atoms with Gasteiger partial charge in [-0.2, -0.15) is 5.10 Å². The fraction of sp³-hybridized carbons (Fsp3) is 0.588. The number of carbonyl (C=O) groups excluding carboxylic acids is 1. The molecule has 2 aromatic heterocycles. The SMILES string of the molecule is CCn1ccc(C(=O)N2CCCC(Cn3c(C)cnc3C)C2)n1. The first-order valence-corrected chi connectivity index (χ1v) is 8.40. The molecule has 6 nitrogen and oxygen atoms in total. The van der Waals surface area contributed by atoms with Gasteiger partial charge in [-0.3, -0.25) is 9.48 Å². The molecule has 2 aromatic rings. The normalized spacial score (nSPS) is 18.4. The number of rotatable bonds is 4. The number of amides is 1. The zero-order chi connectivity index (χ0) is 16.4. The van der Waals surface area contributed by atoms with E-state index in [-0.39, 0.29) is 5.91 Å². The number of piperidine rings is 1. The summed E-state index contributed by atoms with van der Waals surface area (Å²) in [6, 6.07) is 1.82. The van der Waals surface area contributed by atoms with Crippen molar-refractivity contribution in [2.75, 3.05) is 13.1 Å². The van der Waals surface area contributed by atoms with Crippen molar-refractivity contribution >= 4 is 5.91 Å². The van der Waals surface area contributed by atoms with Crippen LogP contribution < -0.4 is 0 Å². The van der Waals surface area contributed by atoms with E-state index in [1.165, 1.54) is 5.69 Å². The zero-order valence-corrected chi connectivity index (χ0v) is 14.2. The van der Waals surface area contributed by atoms with E-state index in [1.54, 1.807) is 4.68 Å². The van der Waals surface area contributed by atoms with Gasteiger partial charge in [-0.25, -0.2) is 4.98 Å². The van der Waals surface area contributed by atoms with Gasteiger partial charge in [-0.1, -0.05) is 0 Å². The first-order valence-electron chi connectivity index (χ1n) is 8.40. The third kappa shape index (κ3) is 3.30. The number of hydrogen-bond donors (Lipinski definition) is 0. The molecule has 23 heavy (non-hydrogen) atoms. The highest BCUT2D eigenvalue weighted by molar-refractivity contribution is 5.92. The smallest absolute Gasteiger partial charge is 0.274 e. The maximum atomic E-state index is 12.6. The summed E-state index contributed by atoms with van der Waals surface area (Å²) in [4.78, 5) is 19.0. The number of carbonyl (C=O) groups is 1. The van der Waals surface area contributed by atoms with Gasteiger partial charge in [0.2, 0.25) is 0 Å². The van der Waals surface area contributed by atoms with Crippen molar-refractivity contribution in [1.29, 1.82) is 0 Å². The van der Waals surface area contributed by atoms with Crippen LogP contribution in [0.4, 0.5) is 0 Å². The average Bonchev–Trinajstić information content (AvgIpc) is 3.16. The van der Waals surface area contributed by atoms with E-state index in [0.717, 1.165) is 44.8 Å². The Morgan fingerprint density at radius 1 is 1.39 bits per heavy atom. The molecule has 3 rings (SSSR count). The Balaban J connectivity index is 1.67. The number of imidazole rings is 1. The van der Waals surface area contributed by atoms with Crippen LogP contribution in [0.5, 0.6) is 0 Å². The molecule has 0 bridgehead atoms. The van der Waals surface area contributed by atoms with Crippen molar-refractivity contribution < 1.29 is 4.79 Å². The molecule has 3 heterocycles. The van der Waals surface area contributed by atoms with Crippen molar-refractivity contribution in [2.45, 2.75) is 46.7 Å². The standard InChI is InChI=1S/C17H25N5O/c1-4-21-9-7-16(19-21)17(23)20-8-5-6-15(11-20)12-22-13(2)10-18-14(22)3/h7,9-10,15H,4-6,8,11-12H2,1-3H3. The maximum Gasteiger partial charge on any atom is 0.274 e. The molecule has 1 saturated heterocycles. The molecule has 0 spiro atoms. The lowest BCUT2D eigenvalue weighted by Gasteiger charge is -2.33. The molecule has 0 aliphatic carbocycles. The summed E-state index contributed by atoms with van der Waals surface area (Å²) < 4.78 is 4.05. The minimum absolute atomic E-state index is 0.0565. The lowest BCUT2D eigenvalue weighted by molar-refractivity contribution is 0.0655. The second kappa shape index (κ2) is 6.56. The van der Waals surface area contributed by atoms with Gasteiger partial charge in [0.15, 0.2) is 0 Å². The molecule has 1 amide bonds. The van der Waals surface area contributed by atoms with Crippen molar-refractivity contribution in [2.24, 2.45) is 5.92 Å². The summed E-state index contributed by atoms with van der Waals surface area (Å²) in [5, 5.41) is 4.34. The summed E-state index contributed by atoms with van der Waals surface area (Å²) in [5.74, 6) is 1.58. The number of likely N-dealkylation sites (tertiary alicyclic amines) is 1. The molecule has 6 heteroatoms. The van der Waals surface area contributed by atoms with Gasteiger partial charge in [0, 0.05) is 44.3 Å².